The number of carbonyl (C=O) groups excluding carboxylic acids is 1. The van der Waals surface area contributed by atoms with Gasteiger partial charge in [0.1, 0.15) is 10.8 Å². The monoisotopic (exact) mass is 328 g/mol. The van der Waals surface area contributed by atoms with E-state index >= 15 is 0 Å². The minimum absolute atomic E-state index is 0.0200. The lowest BCUT2D eigenvalue weighted by atomic mass is 10.2. The van der Waals surface area contributed by atoms with Crippen molar-refractivity contribution in [1.82, 2.24) is 5.32 Å². The van der Waals surface area contributed by atoms with Crippen molar-refractivity contribution in [2.24, 2.45) is 0 Å². The first-order valence-electron chi connectivity index (χ1n) is 5.92. The first-order chi connectivity index (χ1) is 10.0. The molecule has 0 radical (unpaired) electrons. The molecule has 0 aromatic heterocycles. The lowest BCUT2D eigenvalue weighted by Crippen LogP contribution is -2.24. The van der Waals surface area contributed by atoms with Gasteiger partial charge in [0.15, 0.2) is 11.6 Å². The summed E-state index contributed by atoms with van der Waals surface area (Å²) in [6.45, 7) is 0. The number of halogens is 3. The maximum atomic E-state index is 13.8. The van der Waals surface area contributed by atoms with Gasteiger partial charge in [-0.2, -0.15) is 0 Å². The molecule has 0 bridgehead atoms. The minimum atomic E-state index is -0.813. The first kappa shape index (κ1) is 15.4. The van der Waals surface area contributed by atoms with E-state index in [9.17, 15) is 9.18 Å². The second-order valence-corrected chi connectivity index (χ2v) is 4.77. The molecule has 2 rings (SSSR count). The number of amides is 2. The van der Waals surface area contributed by atoms with Crippen LogP contribution in [0.25, 0.3) is 0 Å². The van der Waals surface area contributed by atoms with Gasteiger partial charge in [0.25, 0.3) is 0 Å². The fourth-order valence-electron chi connectivity index (χ4n) is 1.56. The Balaban J connectivity index is 2.46. The van der Waals surface area contributed by atoms with Crippen LogP contribution in [0.1, 0.15) is 0 Å². The van der Waals surface area contributed by atoms with E-state index in [0.29, 0.717) is 5.75 Å². The number of anilines is 1. The van der Waals surface area contributed by atoms with Gasteiger partial charge in [0, 0.05) is 7.05 Å². The quantitative estimate of drug-likeness (QED) is 0.804. The summed E-state index contributed by atoms with van der Waals surface area (Å²) >= 11 is 11.7. The fraction of sp³-hybridized carbons (Fsp3) is 0.0714. The van der Waals surface area contributed by atoms with Crippen molar-refractivity contribution in [3.63, 3.8) is 0 Å². The molecule has 0 fully saturated rings. The van der Waals surface area contributed by atoms with Gasteiger partial charge in [-0.15, -0.1) is 0 Å². The van der Waals surface area contributed by atoms with Crippen molar-refractivity contribution in [1.29, 1.82) is 0 Å². The molecule has 0 aliphatic heterocycles. The van der Waals surface area contributed by atoms with E-state index in [1.807, 2.05) is 0 Å². The van der Waals surface area contributed by atoms with Gasteiger partial charge in [-0.3, -0.25) is 0 Å². The average molecular weight is 329 g/mol. The Labute approximate surface area is 130 Å². The lowest BCUT2D eigenvalue weighted by molar-refractivity contribution is 0.254. The number of ether oxygens (including phenoxy) is 1. The summed E-state index contributed by atoms with van der Waals surface area (Å²) in [5, 5.41) is 4.33. The third kappa shape index (κ3) is 3.56. The van der Waals surface area contributed by atoms with E-state index in [1.165, 1.54) is 13.1 Å². The number of hydrogen-bond donors (Lipinski definition) is 2. The summed E-state index contributed by atoms with van der Waals surface area (Å²) in [6.07, 6.45) is 0. The van der Waals surface area contributed by atoms with Crippen molar-refractivity contribution in [3.05, 3.63) is 52.3 Å². The summed E-state index contributed by atoms with van der Waals surface area (Å²) in [5.74, 6) is -0.388. The molecule has 2 amide bonds. The van der Waals surface area contributed by atoms with Crippen molar-refractivity contribution >= 4 is 34.9 Å². The van der Waals surface area contributed by atoms with Crippen LogP contribution in [0.4, 0.5) is 14.9 Å². The number of nitrogens with one attached hydrogen (secondary N) is 2. The van der Waals surface area contributed by atoms with Crippen LogP contribution in [0.5, 0.6) is 11.5 Å². The van der Waals surface area contributed by atoms with Crippen LogP contribution in [0.15, 0.2) is 36.4 Å². The van der Waals surface area contributed by atoms with Gasteiger partial charge in [-0.1, -0.05) is 41.4 Å². The second kappa shape index (κ2) is 6.65. The highest BCUT2D eigenvalue weighted by Crippen LogP contribution is 2.41. The molecule has 2 aromatic rings. The van der Waals surface area contributed by atoms with Crippen molar-refractivity contribution < 1.29 is 13.9 Å². The van der Waals surface area contributed by atoms with E-state index < -0.39 is 11.8 Å². The molecular formula is C14H11Cl2FN2O2. The zero-order valence-electron chi connectivity index (χ0n) is 10.9. The predicted molar refractivity (Wildman–Crippen MR) is 81.0 cm³/mol. The van der Waals surface area contributed by atoms with E-state index in [-0.39, 0.29) is 21.5 Å². The molecule has 2 N–H and O–H groups in total. The maximum Gasteiger partial charge on any atom is 0.319 e. The zero-order valence-corrected chi connectivity index (χ0v) is 12.4. The second-order valence-electron chi connectivity index (χ2n) is 3.98. The molecule has 0 aliphatic carbocycles. The van der Waals surface area contributed by atoms with Gasteiger partial charge in [0.05, 0.1) is 10.7 Å². The van der Waals surface area contributed by atoms with E-state index in [4.69, 9.17) is 27.9 Å². The lowest BCUT2D eigenvalue weighted by Gasteiger charge is -2.15. The van der Waals surface area contributed by atoms with Crippen molar-refractivity contribution in [3.8, 4) is 11.5 Å². The molecule has 2 aromatic carbocycles. The molecule has 21 heavy (non-hydrogen) atoms. The average Bonchev–Trinajstić information content (AvgIpc) is 2.50. The van der Waals surface area contributed by atoms with Crippen LogP contribution in [-0.4, -0.2) is 13.1 Å². The maximum absolute atomic E-state index is 13.8. The smallest absolute Gasteiger partial charge is 0.319 e. The molecule has 0 atom stereocenters. The predicted octanol–water partition coefficient (Wildman–Crippen LogP) is 4.68. The Bertz CT molecular complexity index is 666. The van der Waals surface area contributed by atoms with Crippen molar-refractivity contribution in [2.75, 3.05) is 12.4 Å². The number of hydrogen-bond acceptors (Lipinski definition) is 2. The summed E-state index contributed by atoms with van der Waals surface area (Å²) in [5.41, 5.74) is 0.162. The minimum Gasteiger partial charge on any atom is -0.453 e. The molecule has 0 saturated heterocycles. The highest BCUT2D eigenvalue weighted by atomic mass is 35.5. The Morgan fingerprint density at radius 1 is 1.24 bits per heavy atom. The summed E-state index contributed by atoms with van der Waals surface area (Å²) in [7, 11) is 1.44. The Morgan fingerprint density at radius 3 is 2.52 bits per heavy atom. The standard InChI is InChI=1S/C14H11Cl2FN2O2/c1-18-14(20)19-10-7-9(15)12(17)11(16)13(10)21-8-5-3-2-4-6-8/h2-7H,1H3,(H2,18,19,20). The molecule has 7 heteroatoms. The molecule has 0 spiro atoms. The van der Waals surface area contributed by atoms with Gasteiger partial charge in [-0.05, 0) is 18.2 Å². The number of para-hydroxylation sites is 1. The molecule has 4 nitrogen and oxygen atoms in total. The molecule has 0 saturated carbocycles. The normalized spacial score (nSPS) is 10.1. The van der Waals surface area contributed by atoms with Gasteiger partial charge in [0.2, 0.25) is 0 Å². The van der Waals surface area contributed by atoms with Gasteiger partial charge < -0.3 is 15.4 Å². The Kier molecular flexibility index (Phi) is 4.88. The highest BCUT2D eigenvalue weighted by Gasteiger charge is 2.19. The number of rotatable bonds is 3. The van der Waals surface area contributed by atoms with Crippen LogP contribution >= 0.6 is 23.2 Å². The third-order valence-electron chi connectivity index (χ3n) is 2.56. The topological polar surface area (TPSA) is 50.4 Å². The van der Waals surface area contributed by atoms with Crippen LogP contribution in [-0.2, 0) is 0 Å². The van der Waals surface area contributed by atoms with Gasteiger partial charge in [-0.25, -0.2) is 9.18 Å². The zero-order chi connectivity index (χ0) is 15.4. The number of benzene rings is 2. The molecular weight excluding hydrogens is 318 g/mol. The fourth-order valence-corrected chi connectivity index (χ4v) is 2.06. The van der Waals surface area contributed by atoms with Crippen LogP contribution in [0.3, 0.4) is 0 Å². The van der Waals surface area contributed by atoms with Crippen LogP contribution in [0.2, 0.25) is 10.0 Å². The summed E-state index contributed by atoms with van der Waals surface area (Å²) < 4.78 is 19.4. The molecule has 0 aliphatic rings. The third-order valence-corrected chi connectivity index (χ3v) is 3.17. The van der Waals surface area contributed by atoms with Crippen molar-refractivity contribution in [2.45, 2.75) is 0 Å². The first-order valence-corrected chi connectivity index (χ1v) is 6.67. The summed E-state index contributed by atoms with van der Waals surface area (Å²) in [6, 6.07) is 9.38. The highest BCUT2D eigenvalue weighted by molar-refractivity contribution is 6.36. The largest absolute Gasteiger partial charge is 0.453 e. The molecule has 0 heterocycles. The van der Waals surface area contributed by atoms with Gasteiger partial charge >= 0.3 is 6.03 Å². The number of carbonyl (C=O) groups is 1. The SMILES string of the molecule is CNC(=O)Nc1cc(Cl)c(F)c(Cl)c1Oc1ccccc1. The number of urea groups is 1. The van der Waals surface area contributed by atoms with E-state index in [2.05, 4.69) is 10.6 Å². The van der Waals surface area contributed by atoms with Crippen LogP contribution in [0, 0.1) is 5.82 Å². The molecule has 110 valence electrons. The van der Waals surface area contributed by atoms with E-state index in [0.717, 1.165) is 0 Å². The molecule has 0 unspecified atom stereocenters. The Hall–Kier alpha value is -1.98. The van der Waals surface area contributed by atoms with Crippen LogP contribution < -0.4 is 15.4 Å². The van der Waals surface area contributed by atoms with E-state index in [1.54, 1.807) is 30.3 Å². The summed E-state index contributed by atoms with van der Waals surface area (Å²) in [4.78, 5) is 11.4. The Morgan fingerprint density at radius 2 is 1.90 bits per heavy atom.